The number of aromatic amines is 1. The highest BCUT2D eigenvalue weighted by Crippen LogP contribution is 2.18. The number of ketones is 1. The molecule has 0 saturated heterocycles. The van der Waals surface area contributed by atoms with Crippen LogP contribution in [0.1, 0.15) is 10.5 Å². The van der Waals surface area contributed by atoms with Crippen LogP contribution in [0, 0.1) is 11.6 Å². The molecule has 0 fully saturated rings. The lowest BCUT2D eigenvalue weighted by molar-refractivity contribution is -0.131. The van der Waals surface area contributed by atoms with Gasteiger partial charge in [0.1, 0.15) is 11.5 Å². The topological polar surface area (TPSA) is 83.0 Å². The van der Waals surface area contributed by atoms with E-state index < -0.39 is 23.4 Å². The molecule has 2 rings (SSSR count). The van der Waals surface area contributed by atoms with Gasteiger partial charge in [0.2, 0.25) is 0 Å². The standard InChI is InChI=1S/C11H6F2N2O3/c12-6-2-1-5(3-7(6)13)10-14-4-8(15-10)9(16)11(17)18/h1-4H,(H,14,15)(H,17,18). The van der Waals surface area contributed by atoms with Crippen LogP contribution >= 0.6 is 0 Å². The van der Waals surface area contributed by atoms with Gasteiger partial charge in [-0.25, -0.2) is 18.6 Å². The van der Waals surface area contributed by atoms with Crippen LogP contribution in [0.25, 0.3) is 11.4 Å². The van der Waals surface area contributed by atoms with Crippen molar-refractivity contribution in [1.29, 1.82) is 0 Å². The van der Waals surface area contributed by atoms with E-state index in [-0.39, 0.29) is 17.1 Å². The van der Waals surface area contributed by atoms with E-state index in [1.807, 2.05) is 0 Å². The number of carbonyl (C=O) groups is 2. The molecule has 0 amide bonds. The van der Waals surface area contributed by atoms with Crippen molar-refractivity contribution in [3.8, 4) is 11.4 Å². The lowest BCUT2D eigenvalue weighted by atomic mass is 10.2. The molecule has 0 aliphatic heterocycles. The van der Waals surface area contributed by atoms with Crippen molar-refractivity contribution in [2.75, 3.05) is 0 Å². The van der Waals surface area contributed by atoms with Crippen LogP contribution in [0.2, 0.25) is 0 Å². The third kappa shape index (κ3) is 2.10. The van der Waals surface area contributed by atoms with Crippen molar-refractivity contribution in [2.45, 2.75) is 0 Å². The molecule has 0 radical (unpaired) electrons. The fourth-order valence-electron chi connectivity index (χ4n) is 1.34. The Morgan fingerprint density at radius 1 is 1.22 bits per heavy atom. The number of imidazole rings is 1. The number of hydrogen-bond donors (Lipinski definition) is 2. The van der Waals surface area contributed by atoms with Gasteiger partial charge in [-0.15, -0.1) is 0 Å². The largest absolute Gasteiger partial charge is 0.475 e. The number of carboxylic acids is 1. The molecule has 1 heterocycles. The summed E-state index contributed by atoms with van der Waals surface area (Å²) in [4.78, 5) is 27.7. The molecule has 0 aliphatic rings. The van der Waals surface area contributed by atoms with E-state index in [2.05, 4.69) is 9.97 Å². The molecular formula is C11H6F2N2O3. The molecule has 1 aromatic carbocycles. The van der Waals surface area contributed by atoms with E-state index in [0.717, 1.165) is 18.3 Å². The van der Waals surface area contributed by atoms with Gasteiger partial charge in [0.25, 0.3) is 5.78 Å². The van der Waals surface area contributed by atoms with Gasteiger partial charge in [-0.1, -0.05) is 0 Å². The van der Waals surface area contributed by atoms with E-state index in [1.165, 1.54) is 6.07 Å². The number of nitrogens with one attached hydrogen (secondary N) is 1. The maximum atomic E-state index is 13.0. The number of carboxylic acid groups (broad SMARTS) is 1. The monoisotopic (exact) mass is 252 g/mol. The van der Waals surface area contributed by atoms with Crippen LogP contribution in [0.4, 0.5) is 8.78 Å². The molecule has 2 N–H and O–H groups in total. The molecule has 0 spiro atoms. The Bertz CT molecular complexity index is 637. The first kappa shape index (κ1) is 11.9. The third-order valence-corrected chi connectivity index (χ3v) is 2.21. The van der Waals surface area contributed by atoms with Crippen LogP contribution in [0.15, 0.2) is 24.4 Å². The smallest absolute Gasteiger partial charge is 0.378 e. The maximum Gasteiger partial charge on any atom is 0.378 e. The normalized spacial score (nSPS) is 10.3. The van der Waals surface area contributed by atoms with E-state index in [9.17, 15) is 18.4 Å². The Balaban J connectivity index is 2.38. The Kier molecular flexibility index (Phi) is 2.88. The van der Waals surface area contributed by atoms with Crippen molar-refractivity contribution >= 4 is 11.8 Å². The summed E-state index contributed by atoms with van der Waals surface area (Å²) < 4.78 is 25.7. The number of H-pyrrole nitrogens is 1. The summed E-state index contributed by atoms with van der Waals surface area (Å²) in [6.45, 7) is 0. The highest BCUT2D eigenvalue weighted by Gasteiger charge is 2.18. The van der Waals surface area contributed by atoms with Gasteiger partial charge in [0.05, 0.1) is 6.20 Å². The van der Waals surface area contributed by atoms with E-state index in [4.69, 9.17) is 5.11 Å². The molecule has 1 aromatic heterocycles. The van der Waals surface area contributed by atoms with Crippen molar-refractivity contribution in [3.05, 3.63) is 41.7 Å². The zero-order valence-corrected chi connectivity index (χ0v) is 8.78. The average Bonchev–Trinajstić information content (AvgIpc) is 2.81. The number of carbonyl (C=O) groups excluding carboxylic acids is 1. The predicted molar refractivity (Wildman–Crippen MR) is 55.9 cm³/mol. The summed E-state index contributed by atoms with van der Waals surface area (Å²) in [6.07, 6.45) is 1.02. The summed E-state index contributed by atoms with van der Waals surface area (Å²) in [5, 5.41) is 8.49. The number of aliphatic carboxylic acids is 1. The number of nitrogens with zero attached hydrogens (tertiary/aromatic N) is 1. The lowest BCUT2D eigenvalue weighted by Crippen LogP contribution is -2.12. The molecule has 0 bridgehead atoms. The lowest BCUT2D eigenvalue weighted by Gasteiger charge is -1.97. The number of halogens is 2. The van der Waals surface area contributed by atoms with Gasteiger partial charge in [0.15, 0.2) is 11.6 Å². The Labute approximate surface area is 99.1 Å². The minimum atomic E-state index is -1.63. The van der Waals surface area contributed by atoms with Crippen molar-refractivity contribution in [2.24, 2.45) is 0 Å². The predicted octanol–water partition coefficient (Wildman–Crippen LogP) is 1.62. The van der Waals surface area contributed by atoms with Gasteiger partial charge < -0.3 is 10.1 Å². The zero-order chi connectivity index (χ0) is 13.3. The van der Waals surface area contributed by atoms with Crippen LogP contribution in [-0.4, -0.2) is 26.8 Å². The van der Waals surface area contributed by atoms with Gasteiger partial charge in [-0.2, -0.15) is 0 Å². The van der Waals surface area contributed by atoms with Gasteiger partial charge in [-0.3, -0.25) is 4.79 Å². The minimum Gasteiger partial charge on any atom is -0.475 e. The Hall–Kier alpha value is -2.57. The van der Waals surface area contributed by atoms with Gasteiger partial charge >= 0.3 is 5.97 Å². The number of hydrogen-bond acceptors (Lipinski definition) is 3. The molecule has 92 valence electrons. The summed E-state index contributed by atoms with van der Waals surface area (Å²) in [5.41, 5.74) is -0.0272. The van der Waals surface area contributed by atoms with E-state index in [0.29, 0.717) is 0 Å². The molecular weight excluding hydrogens is 246 g/mol. The second kappa shape index (κ2) is 4.36. The summed E-state index contributed by atoms with van der Waals surface area (Å²) in [5.74, 6) is -4.77. The van der Waals surface area contributed by atoms with Gasteiger partial charge in [0, 0.05) is 5.56 Å². The molecule has 18 heavy (non-hydrogen) atoms. The fourth-order valence-corrected chi connectivity index (χ4v) is 1.34. The quantitative estimate of drug-likeness (QED) is 0.642. The summed E-state index contributed by atoms with van der Waals surface area (Å²) >= 11 is 0. The first-order chi connectivity index (χ1) is 8.49. The van der Waals surface area contributed by atoms with Crippen LogP contribution in [0.5, 0.6) is 0 Å². The number of benzene rings is 1. The average molecular weight is 252 g/mol. The summed E-state index contributed by atoms with van der Waals surface area (Å²) in [7, 11) is 0. The van der Waals surface area contributed by atoms with Crippen molar-refractivity contribution in [1.82, 2.24) is 9.97 Å². The Morgan fingerprint density at radius 2 is 1.94 bits per heavy atom. The molecule has 0 saturated carbocycles. The second-order valence-electron chi connectivity index (χ2n) is 3.41. The second-order valence-corrected chi connectivity index (χ2v) is 3.41. The van der Waals surface area contributed by atoms with Crippen LogP contribution < -0.4 is 0 Å². The third-order valence-electron chi connectivity index (χ3n) is 2.21. The summed E-state index contributed by atoms with van der Waals surface area (Å²) in [6, 6.07) is 3.06. The maximum absolute atomic E-state index is 13.0. The van der Waals surface area contributed by atoms with Gasteiger partial charge in [-0.05, 0) is 18.2 Å². The fraction of sp³-hybridized carbons (Fsp3) is 0. The van der Waals surface area contributed by atoms with E-state index in [1.54, 1.807) is 0 Å². The molecule has 7 heteroatoms. The Morgan fingerprint density at radius 3 is 2.56 bits per heavy atom. The highest BCUT2D eigenvalue weighted by molar-refractivity contribution is 6.39. The number of Topliss-reactive ketones (excluding diaryl/α,β-unsaturated/α-hetero) is 1. The van der Waals surface area contributed by atoms with Crippen LogP contribution in [-0.2, 0) is 4.79 Å². The molecule has 0 atom stereocenters. The van der Waals surface area contributed by atoms with Crippen LogP contribution in [0.3, 0.4) is 0 Å². The first-order valence-corrected chi connectivity index (χ1v) is 4.77. The zero-order valence-electron chi connectivity index (χ0n) is 8.78. The molecule has 5 nitrogen and oxygen atoms in total. The van der Waals surface area contributed by atoms with Crippen molar-refractivity contribution < 1.29 is 23.5 Å². The van der Waals surface area contributed by atoms with Crippen molar-refractivity contribution in [3.63, 3.8) is 0 Å². The highest BCUT2D eigenvalue weighted by atomic mass is 19.2. The SMILES string of the molecule is O=C(O)C(=O)c1cnc(-c2ccc(F)c(F)c2)[nH]1. The van der Waals surface area contributed by atoms with E-state index >= 15 is 0 Å². The first-order valence-electron chi connectivity index (χ1n) is 4.77. The number of rotatable bonds is 3. The molecule has 0 unspecified atom stereocenters. The molecule has 2 aromatic rings. The number of aromatic nitrogens is 2. The molecule has 0 aliphatic carbocycles. The minimum absolute atomic E-state index is 0.0819.